The van der Waals surface area contributed by atoms with Gasteiger partial charge in [-0.15, -0.1) is 0 Å². The van der Waals surface area contributed by atoms with E-state index in [1.165, 1.54) is 12.8 Å². The second-order valence-corrected chi connectivity index (χ2v) is 6.43. The van der Waals surface area contributed by atoms with Crippen molar-refractivity contribution in [2.45, 2.75) is 18.9 Å². The van der Waals surface area contributed by atoms with Gasteiger partial charge in [-0.2, -0.15) is 0 Å². The monoisotopic (exact) mass is 291 g/mol. The Hall–Kier alpha value is -0.970. The topological polar surface area (TPSA) is 18.5 Å². The molecule has 0 radical (unpaired) electrons. The summed E-state index contributed by atoms with van der Waals surface area (Å²) in [5, 5.41) is 3.44. The van der Waals surface area contributed by atoms with E-state index in [2.05, 4.69) is 28.2 Å². The van der Waals surface area contributed by atoms with Crippen LogP contribution in [0, 0.1) is 11.7 Å². The third-order valence-electron chi connectivity index (χ3n) is 4.95. The lowest BCUT2D eigenvalue weighted by Gasteiger charge is -2.43. The molecule has 116 valence electrons. The second kappa shape index (κ2) is 6.86. The van der Waals surface area contributed by atoms with Gasteiger partial charge in [-0.05, 0) is 56.6 Å². The Labute approximate surface area is 127 Å². The van der Waals surface area contributed by atoms with Gasteiger partial charge >= 0.3 is 0 Å². The summed E-state index contributed by atoms with van der Waals surface area (Å²) in [5.74, 6) is 0.525. The van der Waals surface area contributed by atoms with Crippen LogP contribution in [0.4, 0.5) is 4.39 Å². The van der Waals surface area contributed by atoms with Crippen LogP contribution in [0.25, 0.3) is 0 Å². The molecule has 2 heterocycles. The molecule has 3 nitrogen and oxygen atoms in total. The molecule has 1 aromatic carbocycles. The first-order chi connectivity index (χ1) is 10.2. The van der Waals surface area contributed by atoms with Gasteiger partial charge in [-0.1, -0.05) is 12.1 Å². The molecule has 3 rings (SSSR count). The predicted molar refractivity (Wildman–Crippen MR) is 83.8 cm³/mol. The van der Waals surface area contributed by atoms with Crippen LogP contribution in [0.2, 0.25) is 0 Å². The number of nitrogens with zero attached hydrogens (tertiary/aromatic N) is 2. The maximum absolute atomic E-state index is 13.7. The number of hydrogen-bond acceptors (Lipinski definition) is 3. The van der Waals surface area contributed by atoms with Crippen LogP contribution in [-0.2, 0) is 0 Å². The molecular formula is C17H26FN3. The zero-order valence-corrected chi connectivity index (χ0v) is 12.9. The first-order valence-electron chi connectivity index (χ1n) is 8.13. The Morgan fingerprint density at radius 2 is 1.86 bits per heavy atom. The highest BCUT2D eigenvalue weighted by Crippen LogP contribution is 2.35. The van der Waals surface area contributed by atoms with Crippen LogP contribution in [-0.4, -0.2) is 56.1 Å². The summed E-state index contributed by atoms with van der Waals surface area (Å²) in [7, 11) is 2.18. The van der Waals surface area contributed by atoms with E-state index in [1.807, 2.05) is 6.07 Å². The zero-order valence-electron chi connectivity index (χ0n) is 12.9. The Balaban J connectivity index is 1.83. The molecule has 0 bridgehead atoms. The van der Waals surface area contributed by atoms with Gasteiger partial charge in [0.2, 0.25) is 0 Å². The van der Waals surface area contributed by atoms with Crippen LogP contribution >= 0.6 is 0 Å². The fourth-order valence-electron chi connectivity index (χ4n) is 3.73. The van der Waals surface area contributed by atoms with Crippen LogP contribution in [0.1, 0.15) is 24.4 Å². The molecule has 1 aromatic rings. The van der Waals surface area contributed by atoms with E-state index < -0.39 is 0 Å². The van der Waals surface area contributed by atoms with Crippen molar-refractivity contribution in [3.05, 3.63) is 35.6 Å². The molecule has 2 aliphatic rings. The fourth-order valence-corrected chi connectivity index (χ4v) is 3.73. The van der Waals surface area contributed by atoms with Crippen molar-refractivity contribution in [2.24, 2.45) is 5.92 Å². The molecule has 0 spiro atoms. The van der Waals surface area contributed by atoms with Gasteiger partial charge in [-0.3, -0.25) is 4.90 Å². The van der Waals surface area contributed by atoms with Crippen LogP contribution in [0.15, 0.2) is 24.3 Å². The molecule has 2 saturated heterocycles. The molecule has 2 aliphatic heterocycles. The summed E-state index contributed by atoms with van der Waals surface area (Å²) in [5.41, 5.74) is 1.16. The predicted octanol–water partition coefficient (Wildman–Crippen LogP) is 2.11. The van der Waals surface area contributed by atoms with Gasteiger partial charge < -0.3 is 10.2 Å². The lowest BCUT2D eigenvalue weighted by atomic mass is 9.84. The second-order valence-electron chi connectivity index (χ2n) is 6.43. The summed E-state index contributed by atoms with van der Waals surface area (Å²) in [6.07, 6.45) is 2.38. The maximum atomic E-state index is 13.7. The minimum Gasteiger partial charge on any atom is -0.317 e. The molecule has 4 heteroatoms. The van der Waals surface area contributed by atoms with Gasteiger partial charge in [0.15, 0.2) is 0 Å². The number of rotatable bonds is 3. The molecule has 1 unspecified atom stereocenters. The molecule has 0 aromatic heterocycles. The largest absolute Gasteiger partial charge is 0.317 e. The number of halogens is 1. The minimum atomic E-state index is -0.111. The van der Waals surface area contributed by atoms with E-state index in [9.17, 15) is 4.39 Å². The quantitative estimate of drug-likeness (QED) is 0.920. The highest BCUT2D eigenvalue weighted by Gasteiger charge is 2.31. The van der Waals surface area contributed by atoms with Crippen molar-refractivity contribution in [1.29, 1.82) is 0 Å². The molecule has 0 saturated carbocycles. The lowest BCUT2D eigenvalue weighted by Crippen LogP contribution is -2.48. The van der Waals surface area contributed by atoms with E-state index in [0.717, 1.165) is 44.8 Å². The number of piperidine rings is 1. The Morgan fingerprint density at radius 1 is 1.14 bits per heavy atom. The molecule has 1 N–H and O–H groups in total. The third-order valence-corrected chi connectivity index (χ3v) is 4.95. The molecule has 21 heavy (non-hydrogen) atoms. The molecule has 0 amide bonds. The van der Waals surface area contributed by atoms with Gasteiger partial charge in [0.1, 0.15) is 5.82 Å². The van der Waals surface area contributed by atoms with Crippen molar-refractivity contribution in [3.63, 3.8) is 0 Å². The van der Waals surface area contributed by atoms with Crippen LogP contribution < -0.4 is 5.32 Å². The van der Waals surface area contributed by atoms with Gasteiger partial charge in [0.05, 0.1) is 0 Å². The average Bonchev–Trinajstić information content (AvgIpc) is 2.51. The standard InChI is InChI=1S/C17H26FN3/c1-20-9-11-21(12-10-20)17(14-5-7-19-8-6-14)15-3-2-4-16(18)13-15/h2-4,13-14,17,19H,5-12H2,1H3. The molecule has 0 aliphatic carbocycles. The van der Waals surface area contributed by atoms with Crippen molar-refractivity contribution in [1.82, 2.24) is 15.1 Å². The lowest BCUT2D eigenvalue weighted by molar-refractivity contribution is 0.0692. The average molecular weight is 291 g/mol. The van der Waals surface area contributed by atoms with Gasteiger partial charge in [0, 0.05) is 32.2 Å². The van der Waals surface area contributed by atoms with E-state index in [4.69, 9.17) is 0 Å². The molecular weight excluding hydrogens is 265 g/mol. The third kappa shape index (κ3) is 3.62. The van der Waals surface area contributed by atoms with E-state index >= 15 is 0 Å². The highest BCUT2D eigenvalue weighted by molar-refractivity contribution is 5.21. The van der Waals surface area contributed by atoms with Crippen molar-refractivity contribution >= 4 is 0 Å². The maximum Gasteiger partial charge on any atom is 0.123 e. The van der Waals surface area contributed by atoms with Crippen molar-refractivity contribution in [2.75, 3.05) is 46.3 Å². The summed E-state index contributed by atoms with van der Waals surface area (Å²) >= 11 is 0. The van der Waals surface area contributed by atoms with E-state index in [-0.39, 0.29) is 5.82 Å². The summed E-state index contributed by atoms with van der Waals surface area (Å²) in [6.45, 7) is 6.56. The summed E-state index contributed by atoms with van der Waals surface area (Å²) < 4.78 is 13.7. The van der Waals surface area contributed by atoms with E-state index in [0.29, 0.717) is 12.0 Å². The van der Waals surface area contributed by atoms with E-state index in [1.54, 1.807) is 12.1 Å². The SMILES string of the molecule is CN1CCN(C(c2cccc(F)c2)C2CCNCC2)CC1. The smallest absolute Gasteiger partial charge is 0.123 e. The Kier molecular flexibility index (Phi) is 4.88. The minimum absolute atomic E-state index is 0.111. The van der Waals surface area contributed by atoms with Gasteiger partial charge in [0.25, 0.3) is 0 Å². The number of likely N-dealkylation sites (N-methyl/N-ethyl adjacent to an activating group) is 1. The first kappa shape index (κ1) is 14.9. The van der Waals surface area contributed by atoms with Crippen molar-refractivity contribution < 1.29 is 4.39 Å². The number of piperazine rings is 1. The molecule has 1 atom stereocenters. The number of benzene rings is 1. The van der Waals surface area contributed by atoms with Crippen LogP contribution in [0.3, 0.4) is 0 Å². The normalized spacial score (nSPS) is 24.1. The first-order valence-corrected chi connectivity index (χ1v) is 8.13. The highest BCUT2D eigenvalue weighted by atomic mass is 19.1. The Morgan fingerprint density at radius 3 is 2.52 bits per heavy atom. The number of nitrogens with one attached hydrogen (secondary N) is 1. The summed E-state index contributed by atoms with van der Waals surface area (Å²) in [4.78, 5) is 4.95. The van der Waals surface area contributed by atoms with Gasteiger partial charge in [-0.25, -0.2) is 4.39 Å². The summed E-state index contributed by atoms with van der Waals surface area (Å²) in [6, 6.07) is 7.62. The van der Waals surface area contributed by atoms with Crippen molar-refractivity contribution in [3.8, 4) is 0 Å². The number of hydrogen-bond donors (Lipinski definition) is 1. The zero-order chi connectivity index (χ0) is 14.7. The fraction of sp³-hybridized carbons (Fsp3) is 0.647. The Bertz CT molecular complexity index is 451. The van der Waals surface area contributed by atoms with Crippen LogP contribution in [0.5, 0.6) is 0 Å². The molecule has 2 fully saturated rings.